The molecule has 0 radical (unpaired) electrons. The molecule has 0 saturated heterocycles. The number of carbonyl (C=O) groups is 1. The first kappa shape index (κ1) is 19.1. The van der Waals surface area contributed by atoms with Gasteiger partial charge in [0, 0.05) is 29.2 Å². The molecule has 25 heavy (non-hydrogen) atoms. The first-order chi connectivity index (χ1) is 11.9. The fourth-order valence-electron chi connectivity index (χ4n) is 2.21. The molecule has 0 fully saturated rings. The largest absolute Gasteiger partial charge is 0.479 e. The van der Waals surface area contributed by atoms with Gasteiger partial charge in [0.15, 0.2) is 6.10 Å². The molecule has 0 spiro atoms. The SMILES string of the molecule is COC(=O)C(CCO)Oc1ccc(C(F)(F)c2ccc(Cl)cc2)cc1. The zero-order chi connectivity index (χ0) is 18.4. The van der Waals surface area contributed by atoms with E-state index in [0.717, 1.165) is 0 Å². The van der Waals surface area contributed by atoms with Gasteiger partial charge in [0.1, 0.15) is 5.75 Å². The third-order valence-electron chi connectivity index (χ3n) is 3.56. The summed E-state index contributed by atoms with van der Waals surface area (Å²) in [7, 11) is 1.20. The molecule has 1 atom stereocenters. The second-order valence-corrected chi connectivity index (χ2v) is 5.68. The molecular formula is C18H17ClF2O4. The van der Waals surface area contributed by atoms with E-state index in [2.05, 4.69) is 4.74 Å². The summed E-state index contributed by atoms with van der Waals surface area (Å²) in [6.45, 7) is -0.271. The van der Waals surface area contributed by atoms with Gasteiger partial charge < -0.3 is 14.6 Å². The van der Waals surface area contributed by atoms with Gasteiger partial charge in [0.2, 0.25) is 0 Å². The highest BCUT2D eigenvalue weighted by Crippen LogP contribution is 2.36. The molecule has 1 N–H and O–H groups in total. The number of benzene rings is 2. The van der Waals surface area contributed by atoms with Gasteiger partial charge in [-0.05, 0) is 36.4 Å². The molecule has 0 aliphatic rings. The van der Waals surface area contributed by atoms with E-state index in [-0.39, 0.29) is 29.9 Å². The average Bonchev–Trinajstić information content (AvgIpc) is 2.61. The Morgan fingerprint density at radius 1 is 1.12 bits per heavy atom. The molecule has 134 valence electrons. The van der Waals surface area contributed by atoms with Gasteiger partial charge >= 0.3 is 5.97 Å². The van der Waals surface area contributed by atoms with Crippen LogP contribution < -0.4 is 4.74 Å². The van der Waals surface area contributed by atoms with Crippen molar-refractivity contribution in [2.75, 3.05) is 13.7 Å². The van der Waals surface area contributed by atoms with E-state index in [9.17, 15) is 13.6 Å². The Morgan fingerprint density at radius 2 is 1.64 bits per heavy atom. The number of hydrogen-bond donors (Lipinski definition) is 1. The number of ether oxygens (including phenoxy) is 2. The van der Waals surface area contributed by atoms with Crippen molar-refractivity contribution >= 4 is 17.6 Å². The zero-order valence-corrected chi connectivity index (χ0v) is 14.2. The Kier molecular flexibility index (Phi) is 6.33. The number of rotatable bonds is 7. The van der Waals surface area contributed by atoms with Crippen LogP contribution in [-0.2, 0) is 15.5 Å². The summed E-state index contributed by atoms with van der Waals surface area (Å²) in [6, 6.07) is 10.5. The van der Waals surface area contributed by atoms with E-state index in [1.54, 1.807) is 0 Å². The maximum absolute atomic E-state index is 14.5. The second kappa shape index (κ2) is 8.27. The van der Waals surface area contributed by atoms with Gasteiger partial charge in [-0.1, -0.05) is 23.7 Å². The van der Waals surface area contributed by atoms with E-state index < -0.39 is 18.0 Å². The summed E-state index contributed by atoms with van der Waals surface area (Å²) < 4.78 is 39.0. The molecular weight excluding hydrogens is 354 g/mol. The average molecular weight is 371 g/mol. The summed E-state index contributed by atoms with van der Waals surface area (Å²) in [5.41, 5.74) is -0.405. The number of carbonyl (C=O) groups excluding carboxylic acids is 1. The van der Waals surface area contributed by atoms with E-state index in [1.165, 1.54) is 55.6 Å². The molecule has 0 saturated carbocycles. The summed E-state index contributed by atoms with van der Waals surface area (Å²) in [5, 5.41) is 9.34. The number of aliphatic hydroxyl groups excluding tert-OH is 1. The summed E-state index contributed by atoms with van der Waals surface area (Å²) in [5.74, 6) is -3.63. The Balaban J connectivity index is 2.18. The van der Waals surface area contributed by atoms with Crippen molar-refractivity contribution in [3.63, 3.8) is 0 Å². The lowest BCUT2D eigenvalue weighted by Crippen LogP contribution is -2.29. The van der Waals surface area contributed by atoms with Crippen LogP contribution in [-0.4, -0.2) is 30.9 Å². The smallest absolute Gasteiger partial charge is 0.347 e. The van der Waals surface area contributed by atoms with Gasteiger partial charge in [0.25, 0.3) is 5.92 Å². The normalized spacial score (nSPS) is 12.5. The molecule has 0 heterocycles. The van der Waals surface area contributed by atoms with Crippen molar-refractivity contribution in [2.45, 2.75) is 18.4 Å². The maximum Gasteiger partial charge on any atom is 0.347 e. The quantitative estimate of drug-likeness (QED) is 0.753. The summed E-state index contributed by atoms with van der Waals surface area (Å²) in [6.07, 6.45) is -0.965. The fourth-order valence-corrected chi connectivity index (χ4v) is 2.33. The number of halogens is 3. The topological polar surface area (TPSA) is 55.8 Å². The number of alkyl halides is 2. The van der Waals surface area contributed by atoms with Crippen LogP contribution in [0, 0.1) is 0 Å². The maximum atomic E-state index is 14.5. The number of hydrogen-bond acceptors (Lipinski definition) is 4. The highest BCUT2D eigenvalue weighted by atomic mass is 35.5. The Bertz CT molecular complexity index is 702. The minimum Gasteiger partial charge on any atom is -0.479 e. The van der Waals surface area contributed by atoms with Gasteiger partial charge in [-0.2, -0.15) is 8.78 Å². The molecule has 0 aliphatic carbocycles. The van der Waals surface area contributed by atoms with Crippen LogP contribution in [0.2, 0.25) is 5.02 Å². The first-order valence-corrected chi connectivity index (χ1v) is 7.86. The van der Waals surface area contributed by atoms with Crippen molar-refractivity contribution < 1.29 is 28.2 Å². The lowest BCUT2D eigenvalue weighted by Gasteiger charge is -2.19. The fraction of sp³-hybridized carbons (Fsp3) is 0.278. The lowest BCUT2D eigenvalue weighted by atomic mass is 10.0. The molecule has 1 unspecified atom stereocenters. The van der Waals surface area contributed by atoms with Crippen LogP contribution in [0.3, 0.4) is 0 Å². The standard InChI is InChI=1S/C18H17ClF2O4/c1-24-17(23)16(10-11-22)25-15-8-4-13(5-9-15)18(20,21)12-2-6-14(19)7-3-12/h2-9,16,22H,10-11H2,1H3. The minimum absolute atomic E-state index is 0.0371. The van der Waals surface area contributed by atoms with Crippen LogP contribution in [0.4, 0.5) is 8.78 Å². The van der Waals surface area contributed by atoms with Crippen molar-refractivity contribution in [1.29, 1.82) is 0 Å². The highest BCUT2D eigenvalue weighted by Gasteiger charge is 2.34. The predicted octanol–water partition coefficient (Wildman–Crippen LogP) is 3.78. The predicted molar refractivity (Wildman–Crippen MR) is 89.0 cm³/mol. The Morgan fingerprint density at radius 3 is 2.12 bits per heavy atom. The van der Waals surface area contributed by atoms with E-state index in [4.69, 9.17) is 21.4 Å². The Labute approximate surface area is 148 Å². The van der Waals surface area contributed by atoms with Crippen LogP contribution in [0.1, 0.15) is 17.5 Å². The lowest BCUT2D eigenvalue weighted by molar-refractivity contribution is -0.149. The molecule has 2 rings (SSSR count). The molecule has 4 nitrogen and oxygen atoms in total. The van der Waals surface area contributed by atoms with Crippen LogP contribution in [0.5, 0.6) is 5.75 Å². The number of methoxy groups -OCH3 is 1. The van der Waals surface area contributed by atoms with E-state index in [0.29, 0.717) is 5.02 Å². The van der Waals surface area contributed by atoms with E-state index in [1.807, 2.05) is 0 Å². The van der Waals surface area contributed by atoms with Crippen molar-refractivity contribution in [3.8, 4) is 5.75 Å². The molecule has 0 amide bonds. The van der Waals surface area contributed by atoms with Crippen molar-refractivity contribution in [3.05, 3.63) is 64.7 Å². The van der Waals surface area contributed by atoms with Crippen molar-refractivity contribution in [2.24, 2.45) is 0 Å². The molecule has 0 aliphatic heterocycles. The molecule has 7 heteroatoms. The molecule has 0 aromatic heterocycles. The van der Waals surface area contributed by atoms with Gasteiger partial charge in [-0.25, -0.2) is 4.79 Å². The number of aliphatic hydroxyl groups is 1. The monoisotopic (exact) mass is 370 g/mol. The van der Waals surface area contributed by atoms with Crippen LogP contribution in [0.25, 0.3) is 0 Å². The number of esters is 1. The third kappa shape index (κ3) is 4.67. The minimum atomic E-state index is -3.20. The zero-order valence-electron chi connectivity index (χ0n) is 13.4. The van der Waals surface area contributed by atoms with Gasteiger partial charge in [0.05, 0.1) is 7.11 Å². The van der Waals surface area contributed by atoms with Gasteiger partial charge in [-0.3, -0.25) is 0 Å². The van der Waals surface area contributed by atoms with Crippen LogP contribution >= 0.6 is 11.6 Å². The Hall–Kier alpha value is -2.18. The first-order valence-electron chi connectivity index (χ1n) is 7.48. The summed E-state index contributed by atoms with van der Waals surface area (Å²) >= 11 is 5.72. The van der Waals surface area contributed by atoms with E-state index >= 15 is 0 Å². The second-order valence-electron chi connectivity index (χ2n) is 5.25. The molecule has 0 bridgehead atoms. The molecule has 2 aromatic rings. The van der Waals surface area contributed by atoms with Crippen LogP contribution in [0.15, 0.2) is 48.5 Å². The third-order valence-corrected chi connectivity index (χ3v) is 3.81. The van der Waals surface area contributed by atoms with Gasteiger partial charge in [-0.15, -0.1) is 0 Å². The summed E-state index contributed by atoms with van der Waals surface area (Å²) in [4.78, 5) is 11.6. The highest BCUT2D eigenvalue weighted by molar-refractivity contribution is 6.30. The molecule has 2 aromatic carbocycles. The van der Waals surface area contributed by atoms with Crippen molar-refractivity contribution in [1.82, 2.24) is 0 Å².